The van der Waals surface area contributed by atoms with E-state index >= 15 is 0 Å². The molecular weight excluding hydrogens is 452 g/mol. The Kier molecular flexibility index (Phi) is 5.95. The normalized spacial score (nSPS) is 11.1. The SMILES string of the molecule is Cc1cccnc1-c1cccc2c1c(-c1ccccc1)c(-c1ccccc1)c(=O)n2Cc1ccccc1. The molecule has 0 bridgehead atoms. The van der Waals surface area contributed by atoms with E-state index in [1.54, 1.807) is 0 Å². The summed E-state index contributed by atoms with van der Waals surface area (Å²) in [7, 11) is 0. The van der Waals surface area contributed by atoms with Crippen LogP contribution in [0.25, 0.3) is 44.4 Å². The van der Waals surface area contributed by atoms with E-state index in [1.165, 1.54) is 0 Å². The molecule has 0 spiro atoms. The Bertz CT molecular complexity index is 1760. The van der Waals surface area contributed by atoms with Gasteiger partial charge < -0.3 is 4.57 Å². The quantitative estimate of drug-likeness (QED) is 0.254. The van der Waals surface area contributed by atoms with Crippen molar-refractivity contribution < 1.29 is 0 Å². The first-order valence-corrected chi connectivity index (χ1v) is 12.5. The summed E-state index contributed by atoms with van der Waals surface area (Å²) in [5.74, 6) is 0. The maximum absolute atomic E-state index is 14.4. The second kappa shape index (κ2) is 9.71. The molecule has 2 aromatic heterocycles. The fourth-order valence-corrected chi connectivity index (χ4v) is 5.16. The van der Waals surface area contributed by atoms with Crippen LogP contribution in [0.3, 0.4) is 0 Å². The molecule has 0 N–H and O–H groups in total. The van der Waals surface area contributed by atoms with Crippen LogP contribution in [-0.4, -0.2) is 9.55 Å². The van der Waals surface area contributed by atoms with Crippen LogP contribution in [0.4, 0.5) is 0 Å². The van der Waals surface area contributed by atoms with E-state index in [0.29, 0.717) is 12.1 Å². The van der Waals surface area contributed by atoms with E-state index in [0.717, 1.165) is 50.0 Å². The first-order chi connectivity index (χ1) is 18.2. The monoisotopic (exact) mass is 478 g/mol. The number of hydrogen-bond donors (Lipinski definition) is 0. The number of benzene rings is 4. The Morgan fingerprint density at radius 2 is 1.27 bits per heavy atom. The van der Waals surface area contributed by atoms with Crippen molar-refractivity contribution >= 4 is 10.9 Å². The topological polar surface area (TPSA) is 34.9 Å². The Balaban J connectivity index is 1.82. The largest absolute Gasteiger partial charge is 0.303 e. The smallest absolute Gasteiger partial charge is 0.259 e. The maximum Gasteiger partial charge on any atom is 0.259 e. The van der Waals surface area contributed by atoms with Crippen LogP contribution >= 0.6 is 0 Å². The van der Waals surface area contributed by atoms with Crippen molar-refractivity contribution in [3.05, 3.63) is 149 Å². The molecule has 3 nitrogen and oxygen atoms in total. The van der Waals surface area contributed by atoms with E-state index in [1.807, 2.05) is 89.6 Å². The van der Waals surface area contributed by atoms with Crippen molar-refractivity contribution in [1.29, 1.82) is 0 Å². The van der Waals surface area contributed by atoms with Gasteiger partial charge in [0.2, 0.25) is 0 Å². The summed E-state index contributed by atoms with van der Waals surface area (Å²) in [5.41, 5.74) is 8.58. The summed E-state index contributed by atoms with van der Waals surface area (Å²) in [6.45, 7) is 2.57. The van der Waals surface area contributed by atoms with Gasteiger partial charge in [-0.25, -0.2) is 0 Å². The number of fused-ring (bicyclic) bond motifs is 1. The van der Waals surface area contributed by atoms with Crippen LogP contribution in [0.2, 0.25) is 0 Å². The van der Waals surface area contributed by atoms with Crippen molar-refractivity contribution in [2.75, 3.05) is 0 Å². The van der Waals surface area contributed by atoms with Gasteiger partial charge in [-0.2, -0.15) is 0 Å². The molecule has 0 atom stereocenters. The predicted molar refractivity (Wildman–Crippen MR) is 153 cm³/mol. The van der Waals surface area contributed by atoms with Crippen molar-refractivity contribution in [1.82, 2.24) is 9.55 Å². The third-order valence-electron chi connectivity index (χ3n) is 6.87. The summed E-state index contributed by atoms with van der Waals surface area (Å²) in [6.07, 6.45) is 1.83. The number of pyridine rings is 2. The molecule has 0 saturated heterocycles. The number of rotatable bonds is 5. The Morgan fingerprint density at radius 3 is 1.92 bits per heavy atom. The molecule has 0 aliphatic rings. The highest BCUT2D eigenvalue weighted by molar-refractivity contribution is 6.09. The molecule has 0 amide bonds. The van der Waals surface area contributed by atoms with Crippen LogP contribution < -0.4 is 5.56 Å². The lowest BCUT2D eigenvalue weighted by Gasteiger charge is -2.21. The minimum absolute atomic E-state index is 0.00343. The van der Waals surface area contributed by atoms with Gasteiger partial charge in [-0.1, -0.05) is 109 Å². The predicted octanol–water partition coefficient (Wildman–Crippen LogP) is 7.75. The average molecular weight is 479 g/mol. The fraction of sp³-hybridized carbons (Fsp3) is 0.0588. The maximum atomic E-state index is 14.4. The van der Waals surface area contributed by atoms with Gasteiger partial charge in [-0.15, -0.1) is 0 Å². The summed E-state index contributed by atoms with van der Waals surface area (Å²) in [6, 6.07) is 40.7. The van der Waals surface area contributed by atoms with Gasteiger partial charge in [-0.05, 0) is 41.3 Å². The molecule has 178 valence electrons. The zero-order valence-corrected chi connectivity index (χ0v) is 20.6. The lowest BCUT2D eigenvalue weighted by Crippen LogP contribution is -2.24. The molecule has 0 aliphatic carbocycles. The fourth-order valence-electron chi connectivity index (χ4n) is 5.16. The van der Waals surface area contributed by atoms with Gasteiger partial charge in [0.25, 0.3) is 5.56 Å². The van der Waals surface area contributed by atoms with Crippen molar-refractivity contribution in [2.24, 2.45) is 0 Å². The van der Waals surface area contributed by atoms with Crippen molar-refractivity contribution in [3.63, 3.8) is 0 Å². The second-order valence-corrected chi connectivity index (χ2v) is 9.23. The molecule has 0 radical (unpaired) electrons. The highest BCUT2D eigenvalue weighted by Gasteiger charge is 2.23. The zero-order valence-electron chi connectivity index (χ0n) is 20.6. The van der Waals surface area contributed by atoms with Gasteiger partial charge in [-0.3, -0.25) is 9.78 Å². The summed E-state index contributed by atoms with van der Waals surface area (Å²) >= 11 is 0. The summed E-state index contributed by atoms with van der Waals surface area (Å²) < 4.78 is 1.92. The Morgan fingerprint density at radius 1 is 0.649 bits per heavy atom. The average Bonchev–Trinajstić information content (AvgIpc) is 2.96. The number of aromatic nitrogens is 2. The Labute approximate surface area is 216 Å². The molecule has 0 unspecified atom stereocenters. The van der Waals surface area contributed by atoms with Crippen molar-refractivity contribution in [3.8, 4) is 33.5 Å². The van der Waals surface area contributed by atoms with Gasteiger partial charge in [0.05, 0.1) is 23.3 Å². The van der Waals surface area contributed by atoms with E-state index in [4.69, 9.17) is 4.98 Å². The minimum atomic E-state index is -0.00343. The molecule has 6 aromatic rings. The lowest BCUT2D eigenvalue weighted by molar-refractivity contribution is 0.797. The van der Waals surface area contributed by atoms with Crippen molar-refractivity contribution in [2.45, 2.75) is 13.5 Å². The van der Waals surface area contributed by atoms with Crippen LogP contribution in [0.1, 0.15) is 11.1 Å². The first-order valence-electron chi connectivity index (χ1n) is 12.5. The minimum Gasteiger partial charge on any atom is -0.303 e. The van der Waals surface area contributed by atoms with Gasteiger partial charge in [0, 0.05) is 22.7 Å². The number of nitrogens with zero attached hydrogens (tertiary/aromatic N) is 2. The zero-order chi connectivity index (χ0) is 25.2. The van der Waals surface area contributed by atoms with E-state index in [-0.39, 0.29) is 5.56 Å². The van der Waals surface area contributed by atoms with E-state index in [9.17, 15) is 4.79 Å². The molecule has 4 aromatic carbocycles. The third kappa shape index (κ3) is 4.15. The summed E-state index contributed by atoms with van der Waals surface area (Å²) in [4.78, 5) is 19.2. The molecule has 3 heteroatoms. The van der Waals surface area contributed by atoms with E-state index in [2.05, 4.69) is 49.4 Å². The van der Waals surface area contributed by atoms with Crippen LogP contribution in [-0.2, 0) is 6.54 Å². The molecule has 6 rings (SSSR count). The highest BCUT2D eigenvalue weighted by atomic mass is 16.1. The molecule has 37 heavy (non-hydrogen) atoms. The van der Waals surface area contributed by atoms with Gasteiger partial charge in [0.15, 0.2) is 0 Å². The second-order valence-electron chi connectivity index (χ2n) is 9.23. The third-order valence-corrected chi connectivity index (χ3v) is 6.87. The summed E-state index contributed by atoms with van der Waals surface area (Å²) in [5, 5.41) is 1.03. The van der Waals surface area contributed by atoms with Crippen LogP contribution in [0, 0.1) is 6.92 Å². The highest BCUT2D eigenvalue weighted by Crippen LogP contribution is 2.41. The number of hydrogen-bond acceptors (Lipinski definition) is 2. The van der Waals surface area contributed by atoms with E-state index < -0.39 is 0 Å². The standard InChI is InChI=1S/C34H26N2O/c1-24-13-12-22-35-33(24)28-20-11-21-29-32(28)30(26-16-7-3-8-17-26)31(27-18-9-4-10-19-27)34(37)36(29)23-25-14-5-2-6-15-25/h2-22H,23H2,1H3. The van der Waals surface area contributed by atoms with Gasteiger partial charge in [0.1, 0.15) is 0 Å². The molecule has 0 saturated carbocycles. The van der Waals surface area contributed by atoms with Crippen LogP contribution in [0.15, 0.2) is 132 Å². The first kappa shape index (κ1) is 22.7. The molecule has 0 aliphatic heterocycles. The lowest BCUT2D eigenvalue weighted by atomic mass is 9.88. The Hall–Kier alpha value is -4.76. The molecule has 0 fully saturated rings. The molecular formula is C34H26N2O. The molecule has 2 heterocycles. The number of aryl methyl sites for hydroxylation is 1. The van der Waals surface area contributed by atoms with Gasteiger partial charge >= 0.3 is 0 Å². The van der Waals surface area contributed by atoms with Crippen LogP contribution in [0.5, 0.6) is 0 Å².